The Labute approximate surface area is 248 Å². The Hall–Kier alpha value is -1.88. The van der Waals surface area contributed by atoms with E-state index in [4.69, 9.17) is 19.9 Å². The van der Waals surface area contributed by atoms with Crippen LogP contribution in [0.15, 0.2) is 18.2 Å². The summed E-state index contributed by atoms with van der Waals surface area (Å²) in [6.07, 6.45) is 2.72. The number of benzene rings is 1. The summed E-state index contributed by atoms with van der Waals surface area (Å²) in [5, 5.41) is 14.0. The lowest BCUT2D eigenvalue weighted by Crippen LogP contribution is -2.45. The third-order valence-corrected chi connectivity index (χ3v) is 8.83. The molecule has 238 valence electrons. The molecule has 1 amide bonds. The molecule has 0 spiro atoms. The number of nitrogens with one attached hydrogen (secondary N) is 1. The highest BCUT2D eigenvalue weighted by Crippen LogP contribution is 2.32. The van der Waals surface area contributed by atoms with Gasteiger partial charge in [0.2, 0.25) is 5.91 Å². The van der Waals surface area contributed by atoms with Gasteiger partial charge in [0.25, 0.3) is 0 Å². The normalized spacial score (nSPS) is 15.4. The molecular weight excluding hydrogens is 544 g/mol. The Morgan fingerprint density at radius 1 is 1.05 bits per heavy atom. The molecule has 0 unspecified atom stereocenters. The molecule has 1 rings (SSSR count). The van der Waals surface area contributed by atoms with E-state index in [0.29, 0.717) is 37.1 Å². The molecule has 4 atom stereocenters. The Morgan fingerprint density at radius 3 is 2.24 bits per heavy atom. The molecule has 0 saturated heterocycles. The highest BCUT2D eigenvalue weighted by molar-refractivity contribution is 7.90. The molecule has 0 fully saturated rings. The van der Waals surface area contributed by atoms with Crippen LogP contribution in [0.4, 0.5) is 0 Å². The van der Waals surface area contributed by atoms with Crippen molar-refractivity contribution in [2.24, 2.45) is 34.8 Å². The van der Waals surface area contributed by atoms with Crippen molar-refractivity contribution in [3.8, 4) is 11.5 Å². The van der Waals surface area contributed by atoms with Gasteiger partial charge in [0, 0.05) is 44.9 Å². The van der Waals surface area contributed by atoms with Crippen LogP contribution < -0.4 is 20.5 Å². The van der Waals surface area contributed by atoms with Gasteiger partial charge in [-0.05, 0) is 60.1 Å². The molecular formula is C31H56N2O7S. The van der Waals surface area contributed by atoms with E-state index in [9.17, 15) is 18.3 Å². The van der Waals surface area contributed by atoms with Crippen molar-refractivity contribution in [1.29, 1.82) is 0 Å². The second-order valence-corrected chi connectivity index (χ2v) is 15.0. The number of sulfone groups is 1. The zero-order valence-corrected chi connectivity index (χ0v) is 27.6. The fraction of sp³-hybridized carbons (Fsp3) is 0.774. The largest absolute Gasteiger partial charge is 0.493 e. The van der Waals surface area contributed by atoms with Gasteiger partial charge in [-0.1, -0.05) is 47.6 Å². The van der Waals surface area contributed by atoms with Crippen molar-refractivity contribution in [3.05, 3.63) is 23.8 Å². The van der Waals surface area contributed by atoms with E-state index in [-0.39, 0.29) is 36.5 Å². The summed E-state index contributed by atoms with van der Waals surface area (Å²) in [5.74, 6) is 1.23. The fourth-order valence-corrected chi connectivity index (χ4v) is 6.60. The van der Waals surface area contributed by atoms with Crippen molar-refractivity contribution in [3.63, 3.8) is 0 Å². The lowest BCUT2D eigenvalue weighted by atomic mass is 9.80. The van der Waals surface area contributed by atoms with Gasteiger partial charge in [-0.3, -0.25) is 4.79 Å². The number of methoxy groups -OCH3 is 2. The van der Waals surface area contributed by atoms with E-state index >= 15 is 0 Å². The lowest BCUT2D eigenvalue weighted by molar-refractivity contribution is -0.128. The molecule has 4 N–H and O–H groups in total. The summed E-state index contributed by atoms with van der Waals surface area (Å²) in [6.45, 7) is 13.2. The van der Waals surface area contributed by atoms with E-state index in [1.807, 2.05) is 45.9 Å². The summed E-state index contributed by atoms with van der Waals surface area (Å²) in [6, 6.07) is 5.45. The maximum atomic E-state index is 13.1. The number of carbonyl (C=O) groups is 1. The molecule has 0 aromatic heterocycles. The van der Waals surface area contributed by atoms with E-state index in [0.717, 1.165) is 18.4 Å². The van der Waals surface area contributed by atoms with Crippen LogP contribution in [-0.4, -0.2) is 77.6 Å². The Kier molecular flexibility index (Phi) is 15.7. The Balaban J connectivity index is 2.87. The zero-order chi connectivity index (χ0) is 31.4. The van der Waals surface area contributed by atoms with Gasteiger partial charge in [-0.15, -0.1) is 0 Å². The minimum atomic E-state index is -3.18. The second kappa shape index (κ2) is 17.3. The second-order valence-electron chi connectivity index (χ2n) is 12.9. The molecule has 0 saturated carbocycles. The molecule has 0 bridgehead atoms. The summed E-state index contributed by atoms with van der Waals surface area (Å²) in [7, 11) is 0.109. The minimum Gasteiger partial charge on any atom is -0.493 e. The number of hydrogen-bond donors (Lipinski definition) is 3. The maximum absolute atomic E-state index is 13.1. The highest BCUT2D eigenvalue weighted by atomic mass is 32.2. The van der Waals surface area contributed by atoms with Crippen LogP contribution in [-0.2, 0) is 25.8 Å². The third-order valence-electron chi connectivity index (χ3n) is 7.52. The molecule has 41 heavy (non-hydrogen) atoms. The smallest absolute Gasteiger partial charge is 0.223 e. The first kappa shape index (κ1) is 37.1. The van der Waals surface area contributed by atoms with Crippen molar-refractivity contribution in [2.75, 3.05) is 46.0 Å². The van der Waals surface area contributed by atoms with Gasteiger partial charge in [-0.25, -0.2) is 8.42 Å². The Morgan fingerprint density at radius 2 is 1.71 bits per heavy atom. The van der Waals surface area contributed by atoms with Gasteiger partial charge >= 0.3 is 0 Å². The van der Waals surface area contributed by atoms with Crippen molar-refractivity contribution in [1.82, 2.24) is 5.32 Å². The van der Waals surface area contributed by atoms with Crippen molar-refractivity contribution < 1.29 is 32.5 Å². The van der Waals surface area contributed by atoms with Crippen molar-refractivity contribution in [2.45, 2.75) is 79.4 Å². The molecule has 0 aliphatic rings. The number of hydrogen-bond acceptors (Lipinski definition) is 8. The summed E-state index contributed by atoms with van der Waals surface area (Å²) in [5.41, 5.74) is 7.04. The van der Waals surface area contributed by atoms with Crippen LogP contribution in [0.5, 0.6) is 11.5 Å². The average Bonchev–Trinajstić information content (AvgIpc) is 2.86. The van der Waals surface area contributed by atoms with Crippen LogP contribution in [0.1, 0.15) is 66.4 Å². The zero-order valence-electron chi connectivity index (χ0n) is 26.7. The number of ether oxygens (including phenoxy) is 3. The first-order valence-corrected chi connectivity index (χ1v) is 16.7. The minimum absolute atomic E-state index is 0.0163. The fourth-order valence-electron chi connectivity index (χ4n) is 5.08. The number of carbonyl (C=O) groups excluding carboxylic acids is 1. The van der Waals surface area contributed by atoms with Crippen molar-refractivity contribution >= 4 is 15.7 Å². The predicted octanol–water partition coefficient (Wildman–Crippen LogP) is 3.85. The quantitative estimate of drug-likeness (QED) is 0.192. The van der Waals surface area contributed by atoms with Gasteiger partial charge in [0.15, 0.2) is 11.5 Å². The SMILES string of the molecule is COCCCOc1cc(C[C@@H](C[C@H](N)[C@@H](O)C[C@H](C(=O)NCC(C)(C)CS(C)(=O)=O)C(C)C)C(C)C)ccc1OC. The number of rotatable bonds is 20. The first-order valence-electron chi connectivity index (χ1n) is 14.7. The van der Waals surface area contributed by atoms with Gasteiger partial charge < -0.3 is 30.4 Å². The van der Waals surface area contributed by atoms with Gasteiger partial charge in [0.1, 0.15) is 9.84 Å². The lowest BCUT2D eigenvalue weighted by Gasteiger charge is -2.31. The highest BCUT2D eigenvalue weighted by Gasteiger charge is 2.31. The average molecular weight is 601 g/mol. The standard InChI is InChI=1S/C31H56N2O7S/c1-21(2)24(15-23-11-12-28(39-8)29(16-23)40-14-10-13-38-7)17-26(32)27(34)18-25(22(3)4)30(35)33-19-31(5,6)20-41(9,36)37/h11-12,16,21-22,24-27,34H,10,13-15,17-20,32H2,1-9H3,(H,33,35)/t24-,25-,26-,27-/m0/s1. The molecule has 0 radical (unpaired) electrons. The number of nitrogens with two attached hydrogens (primary N) is 1. The molecule has 0 heterocycles. The predicted molar refractivity (Wildman–Crippen MR) is 165 cm³/mol. The molecule has 0 aliphatic carbocycles. The number of amides is 1. The Bertz CT molecular complexity index is 1030. The molecule has 1 aromatic rings. The van der Waals surface area contributed by atoms with Crippen LogP contribution in [0.3, 0.4) is 0 Å². The number of aliphatic hydroxyl groups excluding tert-OH is 1. The summed E-state index contributed by atoms with van der Waals surface area (Å²) in [4.78, 5) is 13.1. The van der Waals surface area contributed by atoms with Gasteiger partial charge in [-0.2, -0.15) is 0 Å². The number of aliphatic hydroxyl groups is 1. The molecule has 1 aromatic carbocycles. The monoisotopic (exact) mass is 600 g/mol. The van der Waals surface area contributed by atoms with Crippen LogP contribution in [0.25, 0.3) is 0 Å². The third kappa shape index (κ3) is 14.2. The van der Waals surface area contributed by atoms with E-state index in [1.54, 1.807) is 14.2 Å². The molecule has 10 heteroatoms. The maximum Gasteiger partial charge on any atom is 0.223 e. The van der Waals surface area contributed by atoms with Crippen LogP contribution in [0.2, 0.25) is 0 Å². The van der Waals surface area contributed by atoms with E-state index < -0.39 is 33.3 Å². The molecule has 9 nitrogen and oxygen atoms in total. The van der Waals surface area contributed by atoms with E-state index in [1.165, 1.54) is 6.26 Å². The first-order chi connectivity index (χ1) is 19.0. The van der Waals surface area contributed by atoms with Crippen LogP contribution >= 0.6 is 0 Å². The molecule has 0 aliphatic heterocycles. The topological polar surface area (TPSA) is 137 Å². The van der Waals surface area contributed by atoms with Gasteiger partial charge in [0.05, 0.1) is 25.6 Å². The summed E-state index contributed by atoms with van der Waals surface area (Å²) < 4.78 is 40.0. The van der Waals surface area contributed by atoms with Crippen LogP contribution in [0, 0.1) is 29.1 Å². The summed E-state index contributed by atoms with van der Waals surface area (Å²) >= 11 is 0. The van der Waals surface area contributed by atoms with E-state index in [2.05, 4.69) is 19.2 Å².